The maximum atomic E-state index is 11.1. The molecule has 2 rings (SSSR count). The smallest absolute Gasteiger partial charge is 0.309 e. The van der Waals surface area contributed by atoms with E-state index in [1.54, 1.807) is 18.3 Å². The quantitative estimate of drug-likeness (QED) is 0.464. The predicted octanol–water partition coefficient (Wildman–Crippen LogP) is 0.422. The first kappa shape index (κ1) is 13.0. The van der Waals surface area contributed by atoms with Gasteiger partial charge >= 0.3 is 5.97 Å². The molecule has 19 heavy (non-hydrogen) atoms. The third-order valence-electron chi connectivity index (χ3n) is 2.73. The van der Waals surface area contributed by atoms with E-state index in [-0.39, 0.29) is 24.3 Å². The summed E-state index contributed by atoms with van der Waals surface area (Å²) in [4.78, 5) is 20.3. The van der Waals surface area contributed by atoms with E-state index >= 15 is 0 Å². The van der Waals surface area contributed by atoms with Crippen LogP contribution >= 0.6 is 0 Å². The average Bonchev–Trinajstić information content (AvgIpc) is 2.87. The number of nitrogens with two attached hydrogens (primary N) is 1. The molecule has 1 aromatic heterocycles. The van der Waals surface area contributed by atoms with Gasteiger partial charge in [0.05, 0.1) is 19.2 Å². The molecule has 0 saturated heterocycles. The zero-order valence-corrected chi connectivity index (χ0v) is 10.4. The van der Waals surface area contributed by atoms with Crippen LogP contribution in [0.5, 0.6) is 0 Å². The molecule has 7 heteroatoms. The van der Waals surface area contributed by atoms with Crippen molar-refractivity contribution in [2.24, 2.45) is 10.9 Å². The number of nitrogens with one attached hydrogen (secondary N) is 1. The number of oxime groups is 1. The second-order valence-electron chi connectivity index (χ2n) is 4.10. The third kappa shape index (κ3) is 3.06. The second kappa shape index (κ2) is 5.47. The van der Waals surface area contributed by atoms with Crippen molar-refractivity contribution in [3.8, 4) is 0 Å². The van der Waals surface area contributed by atoms with Crippen molar-refractivity contribution in [1.82, 2.24) is 4.98 Å². The van der Waals surface area contributed by atoms with E-state index in [9.17, 15) is 4.79 Å². The van der Waals surface area contributed by atoms with Crippen LogP contribution in [0.25, 0.3) is 0 Å². The molecular weight excluding hydrogens is 248 g/mol. The first-order valence-corrected chi connectivity index (χ1v) is 5.70. The Bertz CT molecular complexity index is 524. The fourth-order valence-electron chi connectivity index (χ4n) is 1.70. The molecule has 2 heterocycles. The maximum absolute atomic E-state index is 11.1. The lowest BCUT2D eigenvalue weighted by Gasteiger charge is -2.05. The van der Waals surface area contributed by atoms with E-state index in [0.717, 1.165) is 11.3 Å². The summed E-state index contributed by atoms with van der Waals surface area (Å²) in [6.45, 7) is 0. The highest BCUT2D eigenvalue weighted by molar-refractivity contribution is 6.02. The molecule has 0 aliphatic carbocycles. The van der Waals surface area contributed by atoms with Gasteiger partial charge < -0.3 is 15.3 Å². The Balaban J connectivity index is 2.00. The van der Waals surface area contributed by atoms with E-state index < -0.39 is 0 Å². The van der Waals surface area contributed by atoms with Gasteiger partial charge in [0, 0.05) is 18.2 Å². The first-order chi connectivity index (χ1) is 9.10. The van der Waals surface area contributed by atoms with E-state index in [4.69, 9.17) is 16.0 Å². The van der Waals surface area contributed by atoms with Crippen LogP contribution in [0, 0.1) is 5.41 Å². The third-order valence-corrected chi connectivity index (χ3v) is 2.73. The van der Waals surface area contributed by atoms with E-state index in [2.05, 4.69) is 14.9 Å². The largest absolute Gasteiger partial charge is 0.469 e. The highest BCUT2D eigenvalue weighted by Gasteiger charge is 2.25. The summed E-state index contributed by atoms with van der Waals surface area (Å²) >= 11 is 0. The van der Waals surface area contributed by atoms with Gasteiger partial charge in [-0.1, -0.05) is 5.16 Å². The number of hydrogen-bond acceptors (Lipinski definition) is 6. The van der Waals surface area contributed by atoms with Crippen LogP contribution in [0.3, 0.4) is 0 Å². The standard InChI is InChI=1S/C12H14N4O3/c1-18-11(17)5-8-4-10(16-19-8)7-2-3-9(12(13)14)15-6-7/h2-3,6,8H,4-5H2,1H3,(H3,13,14). The van der Waals surface area contributed by atoms with Gasteiger partial charge in [0.15, 0.2) is 0 Å². The van der Waals surface area contributed by atoms with Crippen LogP contribution in [0.15, 0.2) is 23.5 Å². The number of aromatic nitrogens is 1. The zero-order valence-electron chi connectivity index (χ0n) is 10.4. The number of methoxy groups -OCH3 is 1. The maximum Gasteiger partial charge on any atom is 0.309 e. The van der Waals surface area contributed by atoms with Crippen molar-refractivity contribution in [3.05, 3.63) is 29.6 Å². The van der Waals surface area contributed by atoms with Crippen molar-refractivity contribution in [2.45, 2.75) is 18.9 Å². The number of hydrogen-bond donors (Lipinski definition) is 2. The Labute approximate surface area is 109 Å². The summed E-state index contributed by atoms with van der Waals surface area (Å²) in [6, 6.07) is 3.42. The first-order valence-electron chi connectivity index (χ1n) is 5.70. The predicted molar refractivity (Wildman–Crippen MR) is 67.9 cm³/mol. The number of pyridine rings is 1. The van der Waals surface area contributed by atoms with Gasteiger partial charge in [-0.25, -0.2) is 0 Å². The molecule has 1 unspecified atom stereocenters. The molecule has 0 aromatic carbocycles. The monoisotopic (exact) mass is 262 g/mol. The molecule has 3 N–H and O–H groups in total. The van der Waals surface area contributed by atoms with Crippen LogP contribution < -0.4 is 5.73 Å². The van der Waals surface area contributed by atoms with E-state index in [1.807, 2.05) is 0 Å². The molecule has 1 aromatic rings. The van der Waals surface area contributed by atoms with Gasteiger partial charge in [0.2, 0.25) is 0 Å². The summed E-state index contributed by atoms with van der Waals surface area (Å²) in [5.41, 5.74) is 7.24. The number of amidine groups is 1. The number of ether oxygens (including phenoxy) is 1. The summed E-state index contributed by atoms with van der Waals surface area (Å²) in [6.07, 6.45) is 1.98. The summed E-state index contributed by atoms with van der Waals surface area (Å²) in [5.74, 6) is -0.411. The van der Waals surface area contributed by atoms with E-state index in [1.165, 1.54) is 7.11 Å². The molecule has 0 amide bonds. The van der Waals surface area contributed by atoms with Crippen LogP contribution in [-0.2, 0) is 14.4 Å². The molecule has 1 aliphatic heterocycles. The lowest BCUT2D eigenvalue weighted by molar-refractivity contribution is -0.143. The minimum absolute atomic E-state index is 0.0836. The molecule has 0 radical (unpaired) electrons. The van der Waals surface area contributed by atoms with Gasteiger partial charge in [-0.3, -0.25) is 15.2 Å². The SMILES string of the molecule is COC(=O)CC1CC(c2ccc(C(=N)N)nc2)=NO1. The second-order valence-corrected chi connectivity index (χ2v) is 4.10. The molecule has 7 nitrogen and oxygen atoms in total. The highest BCUT2D eigenvalue weighted by Crippen LogP contribution is 2.19. The van der Waals surface area contributed by atoms with Gasteiger partial charge in [0.1, 0.15) is 17.6 Å². The normalized spacial score (nSPS) is 17.5. The van der Waals surface area contributed by atoms with E-state index in [0.29, 0.717) is 12.1 Å². The van der Waals surface area contributed by atoms with Crippen LogP contribution in [0.1, 0.15) is 24.1 Å². The Kier molecular flexibility index (Phi) is 3.74. The van der Waals surface area contributed by atoms with Crippen molar-refractivity contribution in [3.63, 3.8) is 0 Å². The summed E-state index contributed by atoms with van der Waals surface area (Å²) < 4.78 is 4.58. The number of rotatable bonds is 4. The summed E-state index contributed by atoms with van der Waals surface area (Å²) in [5, 5.41) is 11.2. The fraction of sp³-hybridized carbons (Fsp3) is 0.333. The molecule has 1 atom stereocenters. The van der Waals surface area contributed by atoms with Crippen molar-refractivity contribution in [2.75, 3.05) is 7.11 Å². The molecule has 0 saturated carbocycles. The van der Waals surface area contributed by atoms with Gasteiger partial charge in [-0.05, 0) is 12.1 Å². The number of nitrogens with zero attached hydrogens (tertiary/aromatic N) is 2. The summed E-state index contributed by atoms with van der Waals surface area (Å²) in [7, 11) is 1.34. The minimum Gasteiger partial charge on any atom is -0.469 e. The highest BCUT2D eigenvalue weighted by atomic mass is 16.6. The van der Waals surface area contributed by atoms with Crippen LogP contribution in [-0.4, -0.2) is 35.7 Å². The van der Waals surface area contributed by atoms with Gasteiger partial charge in [-0.15, -0.1) is 0 Å². The number of nitrogen functional groups attached to an aromatic ring is 1. The van der Waals surface area contributed by atoms with Crippen molar-refractivity contribution >= 4 is 17.5 Å². The van der Waals surface area contributed by atoms with Gasteiger partial charge in [0.25, 0.3) is 0 Å². The molecule has 1 aliphatic rings. The Morgan fingerprint density at radius 3 is 3.00 bits per heavy atom. The molecule has 0 spiro atoms. The Hall–Kier alpha value is -2.44. The lowest BCUT2D eigenvalue weighted by Crippen LogP contribution is -2.16. The molecular formula is C12H14N4O3. The van der Waals surface area contributed by atoms with Gasteiger partial charge in [-0.2, -0.15) is 0 Å². The average molecular weight is 262 g/mol. The molecule has 100 valence electrons. The zero-order chi connectivity index (χ0) is 13.8. The Morgan fingerprint density at radius 1 is 1.63 bits per heavy atom. The van der Waals surface area contributed by atoms with Crippen molar-refractivity contribution in [1.29, 1.82) is 5.41 Å². The number of carbonyl (C=O) groups excluding carboxylic acids is 1. The van der Waals surface area contributed by atoms with Crippen LogP contribution in [0.4, 0.5) is 0 Å². The van der Waals surface area contributed by atoms with Crippen molar-refractivity contribution < 1.29 is 14.4 Å². The minimum atomic E-state index is -0.327. The lowest BCUT2D eigenvalue weighted by atomic mass is 10.0. The molecule has 0 bridgehead atoms. The molecule has 0 fully saturated rings. The Morgan fingerprint density at radius 2 is 2.42 bits per heavy atom. The topological polar surface area (TPSA) is 111 Å². The number of carbonyl (C=O) groups is 1. The fourth-order valence-corrected chi connectivity index (χ4v) is 1.70. The van der Waals surface area contributed by atoms with Crippen LogP contribution in [0.2, 0.25) is 0 Å². The number of esters is 1.